The van der Waals surface area contributed by atoms with Crippen molar-refractivity contribution in [3.8, 4) is 0 Å². The van der Waals surface area contributed by atoms with Crippen LogP contribution in [0.2, 0.25) is 0 Å². The summed E-state index contributed by atoms with van der Waals surface area (Å²) in [7, 11) is 1.99. The normalized spacial score (nSPS) is 19.4. The number of aliphatic hydroxyl groups excluding tert-OH is 1. The monoisotopic (exact) mass is 460 g/mol. The first-order chi connectivity index (χ1) is 13.7. The van der Waals surface area contributed by atoms with Gasteiger partial charge in [0, 0.05) is 44.0 Å². The molecule has 0 saturated carbocycles. The number of nitrogens with one attached hydrogen (secondary N) is 2. The van der Waals surface area contributed by atoms with Crippen LogP contribution in [-0.2, 0) is 27.3 Å². The Labute approximate surface area is 183 Å². The zero-order valence-electron chi connectivity index (χ0n) is 16.4. The van der Waals surface area contributed by atoms with Crippen molar-refractivity contribution in [2.45, 2.75) is 31.5 Å². The zero-order valence-corrected chi connectivity index (χ0v) is 18.1. The molecule has 2 aliphatic heterocycles. The molecule has 1 saturated heterocycles. The van der Waals surface area contributed by atoms with Crippen LogP contribution in [0.3, 0.4) is 0 Å². The van der Waals surface area contributed by atoms with Crippen LogP contribution in [-0.4, -0.2) is 88.9 Å². The lowest BCUT2D eigenvalue weighted by Crippen LogP contribution is -2.54. The third-order valence-corrected chi connectivity index (χ3v) is 5.97. The fourth-order valence-electron chi connectivity index (χ4n) is 3.28. The van der Waals surface area contributed by atoms with Gasteiger partial charge in [0.15, 0.2) is 5.01 Å². The number of aromatic nitrogens is 1. The summed E-state index contributed by atoms with van der Waals surface area (Å²) in [5.74, 6) is -3.22. The van der Waals surface area contributed by atoms with Crippen molar-refractivity contribution in [1.29, 1.82) is 0 Å². The van der Waals surface area contributed by atoms with Crippen molar-refractivity contribution in [3.63, 3.8) is 0 Å². The molecule has 0 radical (unpaired) electrons. The largest absolute Gasteiger partial charge is 0.391 e. The summed E-state index contributed by atoms with van der Waals surface area (Å²) >= 11 is 1.27. The summed E-state index contributed by atoms with van der Waals surface area (Å²) < 4.78 is 0. The average Bonchev–Trinajstić information content (AvgIpc) is 3.29. The summed E-state index contributed by atoms with van der Waals surface area (Å²) in [5, 5.41) is 14.8. The molecule has 4 amide bonds. The average molecular weight is 461 g/mol. The van der Waals surface area contributed by atoms with E-state index < -0.39 is 35.8 Å². The first-order valence-corrected chi connectivity index (χ1v) is 10.1. The van der Waals surface area contributed by atoms with E-state index in [0.29, 0.717) is 19.5 Å². The Morgan fingerprint density at radius 1 is 1.33 bits per heavy atom. The fourth-order valence-corrected chi connectivity index (χ4v) is 4.38. The molecule has 1 aromatic heterocycles. The van der Waals surface area contributed by atoms with Crippen LogP contribution in [0.5, 0.6) is 0 Å². The molecule has 2 atom stereocenters. The van der Waals surface area contributed by atoms with E-state index in [1.165, 1.54) is 16.2 Å². The lowest BCUT2D eigenvalue weighted by atomic mass is 10.2. The van der Waals surface area contributed by atoms with E-state index >= 15 is 0 Å². The number of amides is 4. The number of halogens is 1. The maximum absolute atomic E-state index is 12.8. The highest BCUT2D eigenvalue weighted by molar-refractivity contribution is 7.13. The number of nitrogens with zero attached hydrogens (tertiary/aromatic N) is 3. The molecule has 1 unspecified atom stereocenters. The molecule has 11 nitrogen and oxygen atoms in total. The third kappa shape index (κ3) is 5.65. The highest BCUT2D eigenvalue weighted by Crippen LogP contribution is 2.24. The summed E-state index contributed by atoms with van der Waals surface area (Å²) in [6.07, 6.45) is 0.559. The van der Waals surface area contributed by atoms with Gasteiger partial charge in [0.05, 0.1) is 11.8 Å². The SMILES string of the molecule is CN1CCc2nc(C(=O)NC(CNC(=O)C(N)=O)C(=O)N3CC[C@@H](O)C3)sc2C1.Cl. The van der Waals surface area contributed by atoms with Crippen LogP contribution in [0.4, 0.5) is 0 Å². The lowest BCUT2D eigenvalue weighted by molar-refractivity contribution is -0.138. The minimum absolute atomic E-state index is 0. The van der Waals surface area contributed by atoms with Crippen LogP contribution < -0.4 is 16.4 Å². The Bertz CT molecular complexity index is 834. The molecule has 3 rings (SSSR count). The Hall–Kier alpha value is -2.28. The van der Waals surface area contributed by atoms with Gasteiger partial charge in [-0.1, -0.05) is 0 Å². The van der Waals surface area contributed by atoms with E-state index in [9.17, 15) is 24.3 Å². The number of likely N-dealkylation sites (tertiary alicyclic amines) is 1. The van der Waals surface area contributed by atoms with E-state index in [2.05, 4.69) is 20.5 Å². The minimum Gasteiger partial charge on any atom is -0.391 e. The van der Waals surface area contributed by atoms with E-state index in [-0.39, 0.29) is 30.5 Å². The molecular weight excluding hydrogens is 436 g/mol. The van der Waals surface area contributed by atoms with Gasteiger partial charge in [0.25, 0.3) is 5.91 Å². The van der Waals surface area contributed by atoms with E-state index in [0.717, 1.165) is 23.5 Å². The second-order valence-electron chi connectivity index (χ2n) is 7.20. The number of likely N-dealkylation sites (N-methyl/N-ethyl adjacent to an activating group) is 1. The number of primary amides is 1. The minimum atomic E-state index is -1.18. The molecule has 0 spiro atoms. The number of carbonyl (C=O) groups excluding carboxylic acids is 4. The molecular formula is C17H25ClN6O5S. The Morgan fingerprint density at radius 2 is 2.07 bits per heavy atom. The van der Waals surface area contributed by atoms with Gasteiger partial charge in [-0.05, 0) is 13.5 Å². The van der Waals surface area contributed by atoms with Crippen molar-refractivity contribution >= 4 is 47.4 Å². The molecule has 1 aromatic rings. The highest BCUT2D eigenvalue weighted by Gasteiger charge is 2.32. The summed E-state index contributed by atoms with van der Waals surface area (Å²) in [6, 6.07) is -1.11. The highest BCUT2D eigenvalue weighted by atomic mass is 35.5. The van der Waals surface area contributed by atoms with Crippen molar-refractivity contribution in [3.05, 3.63) is 15.6 Å². The number of rotatable bonds is 5. The number of β-amino-alcohol motifs (C(OH)–C–C–N with tert-alkyl or cyclic N) is 1. The van der Waals surface area contributed by atoms with Crippen molar-refractivity contribution in [1.82, 2.24) is 25.4 Å². The van der Waals surface area contributed by atoms with Crippen LogP contribution >= 0.6 is 23.7 Å². The summed E-state index contributed by atoms with van der Waals surface area (Å²) in [5.41, 5.74) is 5.80. The van der Waals surface area contributed by atoms with E-state index in [1.54, 1.807) is 0 Å². The molecule has 30 heavy (non-hydrogen) atoms. The molecule has 3 heterocycles. The number of carbonyl (C=O) groups is 4. The van der Waals surface area contributed by atoms with Crippen LogP contribution in [0.15, 0.2) is 0 Å². The Morgan fingerprint density at radius 3 is 2.70 bits per heavy atom. The molecule has 0 bridgehead atoms. The van der Waals surface area contributed by atoms with E-state index in [4.69, 9.17) is 5.73 Å². The van der Waals surface area contributed by atoms with Crippen LogP contribution in [0.1, 0.15) is 26.8 Å². The Kier molecular flexibility index (Phi) is 8.12. The predicted molar refractivity (Wildman–Crippen MR) is 110 cm³/mol. The molecule has 5 N–H and O–H groups in total. The lowest BCUT2D eigenvalue weighted by Gasteiger charge is -2.24. The third-order valence-electron chi connectivity index (χ3n) is 4.89. The number of hydrogen-bond donors (Lipinski definition) is 4. The number of aliphatic hydroxyl groups is 1. The summed E-state index contributed by atoms with van der Waals surface area (Å²) in [6.45, 7) is 1.76. The second kappa shape index (κ2) is 10.2. The molecule has 0 aromatic carbocycles. The molecule has 13 heteroatoms. The van der Waals surface area contributed by atoms with Crippen LogP contribution in [0, 0.1) is 0 Å². The number of fused-ring (bicyclic) bond motifs is 1. The number of thiazole rings is 1. The summed E-state index contributed by atoms with van der Waals surface area (Å²) in [4.78, 5) is 56.9. The van der Waals surface area contributed by atoms with Crippen LogP contribution in [0.25, 0.3) is 0 Å². The van der Waals surface area contributed by atoms with Gasteiger partial charge in [-0.2, -0.15) is 0 Å². The van der Waals surface area contributed by atoms with Gasteiger partial charge in [0.1, 0.15) is 6.04 Å². The van der Waals surface area contributed by atoms with Gasteiger partial charge in [-0.3, -0.25) is 19.2 Å². The predicted octanol–water partition coefficient (Wildman–Crippen LogP) is -2.15. The first-order valence-electron chi connectivity index (χ1n) is 9.27. The second-order valence-corrected chi connectivity index (χ2v) is 8.29. The quantitative estimate of drug-likeness (QED) is 0.364. The molecule has 1 fully saturated rings. The van der Waals surface area contributed by atoms with Gasteiger partial charge >= 0.3 is 11.8 Å². The molecule has 2 aliphatic rings. The maximum atomic E-state index is 12.8. The van der Waals surface area contributed by atoms with Crippen molar-refractivity contribution in [2.75, 3.05) is 33.2 Å². The Balaban J connectivity index is 0.00000320. The fraction of sp³-hybridized carbons (Fsp3) is 0.588. The van der Waals surface area contributed by atoms with E-state index in [1.807, 2.05) is 7.05 Å². The zero-order chi connectivity index (χ0) is 21.1. The first kappa shape index (κ1) is 24.0. The molecule has 166 valence electrons. The van der Waals surface area contributed by atoms with Crippen molar-refractivity contribution < 1.29 is 24.3 Å². The van der Waals surface area contributed by atoms with Gasteiger partial charge in [-0.15, -0.1) is 23.7 Å². The van der Waals surface area contributed by atoms with Gasteiger partial charge in [0.2, 0.25) is 5.91 Å². The van der Waals surface area contributed by atoms with Gasteiger partial charge in [-0.25, -0.2) is 4.98 Å². The number of hydrogen-bond acceptors (Lipinski definition) is 8. The number of nitrogens with two attached hydrogens (primary N) is 1. The van der Waals surface area contributed by atoms with Gasteiger partial charge < -0.3 is 31.3 Å². The maximum Gasteiger partial charge on any atom is 0.309 e. The van der Waals surface area contributed by atoms with Crippen molar-refractivity contribution in [2.24, 2.45) is 5.73 Å². The topological polar surface area (TPSA) is 158 Å². The standard InChI is InChI=1S/C17H24N6O5S.ClH/c1-22-4-3-10-12(8-22)29-16(21-10)15(27)20-11(6-19-14(26)13(18)25)17(28)23-5-2-9(24)7-23;/h9,11,24H,2-8H2,1H3,(H2,18,25)(H,19,26)(H,20,27);1H/t9-,11?;/m1./s1. The smallest absolute Gasteiger partial charge is 0.309 e. The molecule has 0 aliphatic carbocycles.